The molecule has 2 aromatic rings. The smallest absolute Gasteiger partial charge is 0.322 e. The number of anilines is 2. The van der Waals surface area contributed by atoms with Gasteiger partial charge in [-0.2, -0.15) is 26.3 Å². The third-order valence-corrected chi connectivity index (χ3v) is 3.13. The van der Waals surface area contributed by atoms with Gasteiger partial charge in [-0.1, -0.05) is 0 Å². The van der Waals surface area contributed by atoms with Gasteiger partial charge in [0.25, 0.3) is 5.91 Å². The zero-order valence-corrected chi connectivity index (χ0v) is 12.7. The molecule has 0 bridgehead atoms. The summed E-state index contributed by atoms with van der Waals surface area (Å²) in [6, 6.07) is 8.22. The van der Waals surface area contributed by atoms with Gasteiger partial charge in [0.2, 0.25) is 0 Å². The molecule has 0 aliphatic rings. The van der Waals surface area contributed by atoms with E-state index in [9.17, 15) is 35.9 Å². The van der Waals surface area contributed by atoms with E-state index in [-0.39, 0.29) is 16.9 Å². The highest BCUT2D eigenvalue weighted by molar-refractivity contribution is 6.04. The fourth-order valence-electron chi connectivity index (χ4n) is 1.85. The Morgan fingerprint density at radius 2 is 1.15 bits per heavy atom. The van der Waals surface area contributed by atoms with Crippen molar-refractivity contribution in [3.63, 3.8) is 0 Å². The van der Waals surface area contributed by atoms with E-state index in [1.54, 1.807) is 5.32 Å². The monoisotopic (exact) mass is 376 g/mol. The fourth-order valence-corrected chi connectivity index (χ4v) is 1.85. The summed E-state index contributed by atoms with van der Waals surface area (Å²) in [5, 5.41) is 4.00. The Bertz CT molecular complexity index is 795. The lowest BCUT2D eigenvalue weighted by atomic mass is 10.1. The number of alkyl halides is 6. The number of benzene rings is 2. The second-order valence-corrected chi connectivity index (χ2v) is 5.06. The number of halogens is 6. The second kappa shape index (κ2) is 7.06. The van der Waals surface area contributed by atoms with Crippen molar-refractivity contribution in [2.24, 2.45) is 0 Å². The van der Waals surface area contributed by atoms with Crippen molar-refractivity contribution in [3.8, 4) is 0 Å². The van der Waals surface area contributed by atoms with Gasteiger partial charge < -0.3 is 10.6 Å². The van der Waals surface area contributed by atoms with Crippen molar-refractivity contribution >= 4 is 23.2 Å². The van der Waals surface area contributed by atoms with Crippen LogP contribution in [0.1, 0.15) is 15.9 Å². The largest absolute Gasteiger partial charge is 0.471 e. The van der Waals surface area contributed by atoms with Crippen LogP contribution in [0, 0.1) is 0 Å². The maximum Gasteiger partial charge on any atom is 0.471 e. The predicted octanol–water partition coefficient (Wildman–Crippen LogP) is 4.46. The van der Waals surface area contributed by atoms with Gasteiger partial charge in [-0.15, -0.1) is 0 Å². The lowest BCUT2D eigenvalue weighted by Crippen LogP contribution is -2.29. The summed E-state index contributed by atoms with van der Waals surface area (Å²) in [6.07, 6.45) is -9.55. The average molecular weight is 376 g/mol. The Kier molecular flexibility index (Phi) is 5.24. The summed E-state index contributed by atoms with van der Waals surface area (Å²) in [5.41, 5.74) is -0.897. The summed E-state index contributed by atoms with van der Waals surface area (Å²) in [7, 11) is 0. The molecule has 0 fully saturated rings. The molecule has 0 heterocycles. The highest BCUT2D eigenvalue weighted by Crippen LogP contribution is 2.29. The minimum atomic E-state index is -5.03. The van der Waals surface area contributed by atoms with Gasteiger partial charge in [0.1, 0.15) is 0 Å². The van der Waals surface area contributed by atoms with E-state index < -0.39 is 29.7 Å². The Hall–Kier alpha value is -3.04. The standard InChI is InChI=1S/C16H10F6N2O2/c17-15(18,19)10-3-1-9(2-4-10)13(25)23-11-5-7-12(8-6-11)24-14(26)16(20,21)22/h1-8H,(H,23,25)(H,24,26). The molecule has 26 heavy (non-hydrogen) atoms. The van der Waals surface area contributed by atoms with E-state index in [1.165, 1.54) is 12.1 Å². The maximum atomic E-state index is 12.5. The lowest BCUT2D eigenvalue weighted by Gasteiger charge is -2.10. The Balaban J connectivity index is 2.02. The fraction of sp³-hybridized carbons (Fsp3) is 0.125. The molecule has 0 unspecified atom stereocenters. The van der Waals surface area contributed by atoms with Crippen LogP contribution < -0.4 is 10.6 Å². The second-order valence-electron chi connectivity index (χ2n) is 5.06. The lowest BCUT2D eigenvalue weighted by molar-refractivity contribution is -0.167. The van der Waals surface area contributed by atoms with E-state index in [4.69, 9.17) is 0 Å². The predicted molar refractivity (Wildman–Crippen MR) is 80.5 cm³/mol. The number of nitrogens with one attached hydrogen (secondary N) is 2. The van der Waals surface area contributed by atoms with E-state index in [2.05, 4.69) is 5.32 Å². The highest BCUT2D eigenvalue weighted by atomic mass is 19.4. The van der Waals surface area contributed by atoms with Crippen molar-refractivity contribution in [1.82, 2.24) is 0 Å². The summed E-state index contributed by atoms with van der Waals surface area (Å²) >= 11 is 0. The number of hydrogen-bond donors (Lipinski definition) is 2. The molecule has 4 nitrogen and oxygen atoms in total. The van der Waals surface area contributed by atoms with Crippen LogP contribution in [0.2, 0.25) is 0 Å². The van der Waals surface area contributed by atoms with Crippen LogP contribution in [-0.2, 0) is 11.0 Å². The number of hydrogen-bond acceptors (Lipinski definition) is 2. The van der Waals surface area contributed by atoms with Crippen LogP contribution >= 0.6 is 0 Å². The van der Waals surface area contributed by atoms with Crippen molar-refractivity contribution in [2.45, 2.75) is 12.4 Å². The summed E-state index contributed by atoms with van der Waals surface area (Å²) in [4.78, 5) is 22.8. The first kappa shape index (κ1) is 19.3. The molecular weight excluding hydrogens is 366 g/mol. The molecule has 0 aromatic heterocycles. The van der Waals surface area contributed by atoms with Crippen LogP contribution in [0.15, 0.2) is 48.5 Å². The normalized spacial score (nSPS) is 11.8. The van der Waals surface area contributed by atoms with Gasteiger partial charge in [0.15, 0.2) is 0 Å². The molecule has 10 heteroatoms. The number of carbonyl (C=O) groups is 2. The van der Waals surface area contributed by atoms with E-state index >= 15 is 0 Å². The van der Waals surface area contributed by atoms with Crippen LogP contribution in [0.3, 0.4) is 0 Å². The van der Waals surface area contributed by atoms with Crippen LogP contribution in [0.4, 0.5) is 37.7 Å². The van der Waals surface area contributed by atoms with Crippen molar-refractivity contribution in [2.75, 3.05) is 10.6 Å². The van der Waals surface area contributed by atoms with Crippen molar-refractivity contribution < 1.29 is 35.9 Å². The molecule has 0 radical (unpaired) electrons. The van der Waals surface area contributed by atoms with Crippen molar-refractivity contribution in [3.05, 3.63) is 59.7 Å². The molecule has 2 aromatic carbocycles. The number of amides is 2. The molecule has 2 N–H and O–H groups in total. The first-order chi connectivity index (χ1) is 12.0. The third kappa shape index (κ3) is 4.98. The van der Waals surface area contributed by atoms with Crippen LogP contribution in [-0.4, -0.2) is 18.0 Å². The highest BCUT2D eigenvalue weighted by Gasteiger charge is 2.38. The molecular formula is C16H10F6N2O2. The zero-order chi connectivity index (χ0) is 19.5. The Morgan fingerprint density at radius 3 is 1.58 bits per heavy atom. The summed E-state index contributed by atoms with van der Waals surface area (Å²) in [6.45, 7) is 0. The molecule has 0 aliphatic heterocycles. The van der Waals surface area contributed by atoms with Crippen molar-refractivity contribution in [1.29, 1.82) is 0 Å². The number of carbonyl (C=O) groups excluding carboxylic acids is 2. The molecule has 0 aliphatic carbocycles. The van der Waals surface area contributed by atoms with Gasteiger partial charge in [0, 0.05) is 16.9 Å². The van der Waals surface area contributed by atoms with Crippen LogP contribution in [0.5, 0.6) is 0 Å². The Labute approximate surface area is 142 Å². The Morgan fingerprint density at radius 1 is 0.692 bits per heavy atom. The van der Waals surface area contributed by atoms with E-state index in [1.807, 2.05) is 0 Å². The van der Waals surface area contributed by atoms with E-state index in [0.717, 1.165) is 36.4 Å². The number of rotatable bonds is 3. The van der Waals surface area contributed by atoms with Gasteiger partial charge in [0.05, 0.1) is 5.56 Å². The first-order valence-electron chi connectivity index (χ1n) is 6.93. The summed E-state index contributed by atoms with van der Waals surface area (Å²) in [5.74, 6) is -2.84. The molecule has 2 rings (SSSR count). The average Bonchev–Trinajstić information content (AvgIpc) is 2.55. The van der Waals surface area contributed by atoms with Gasteiger partial charge in [-0.05, 0) is 48.5 Å². The maximum absolute atomic E-state index is 12.5. The molecule has 0 spiro atoms. The summed E-state index contributed by atoms with van der Waals surface area (Å²) < 4.78 is 73.8. The SMILES string of the molecule is O=C(Nc1ccc(NC(=O)C(F)(F)F)cc1)c1ccc(C(F)(F)F)cc1. The zero-order valence-electron chi connectivity index (χ0n) is 12.7. The van der Waals surface area contributed by atoms with Gasteiger partial charge >= 0.3 is 18.3 Å². The van der Waals surface area contributed by atoms with E-state index in [0.29, 0.717) is 0 Å². The van der Waals surface area contributed by atoms with Crippen LogP contribution in [0.25, 0.3) is 0 Å². The van der Waals surface area contributed by atoms with Gasteiger partial charge in [-0.3, -0.25) is 9.59 Å². The molecule has 0 saturated heterocycles. The molecule has 138 valence electrons. The first-order valence-corrected chi connectivity index (χ1v) is 6.93. The quantitative estimate of drug-likeness (QED) is 0.778. The topological polar surface area (TPSA) is 58.2 Å². The van der Waals surface area contributed by atoms with Gasteiger partial charge in [-0.25, -0.2) is 0 Å². The minimum Gasteiger partial charge on any atom is -0.322 e. The minimum absolute atomic E-state index is 0.0348. The molecule has 0 saturated carbocycles. The molecule has 0 atom stereocenters. The molecule has 2 amide bonds. The third-order valence-electron chi connectivity index (χ3n) is 3.13.